The second-order valence-corrected chi connectivity index (χ2v) is 5.73. The van der Waals surface area contributed by atoms with Gasteiger partial charge in [0.05, 0.1) is 18.8 Å². The highest BCUT2D eigenvalue weighted by Gasteiger charge is 2.43. The molecule has 3 rings (SSSR count). The van der Waals surface area contributed by atoms with Crippen LogP contribution >= 0.6 is 0 Å². The standard InChI is InChI=1S/C15H23N3O3/c1-3-11-17-12(15(19)20-4-2)14(16)18(11)10-7-8-21-13(10)9-5-6-9/h9-10,13H,3-8,16H2,1-2H3. The Morgan fingerprint density at radius 1 is 1.43 bits per heavy atom. The largest absolute Gasteiger partial charge is 0.461 e. The highest BCUT2D eigenvalue weighted by molar-refractivity contribution is 5.92. The number of hydrogen-bond acceptors (Lipinski definition) is 5. The molecule has 2 atom stereocenters. The fourth-order valence-electron chi connectivity index (χ4n) is 3.21. The average molecular weight is 293 g/mol. The first kappa shape index (κ1) is 14.4. The van der Waals surface area contributed by atoms with Crippen LogP contribution in [0.3, 0.4) is 0 Å². The zero-order chi connectivity index (χ0) is 15.0. The van der Waals surface area contributed by atoms with Gasteiger partial charge < -0.3 is 19.8 Å². The van der Waals surface area contributed by atoms with Crippen molar-refractivity contribution in [2.45, 2.75) is 51.7 Å². The van der Waals surface area contributed by atoms with E-state index in [-0.39, 0.29) is 17.8 Å². The summed E-state index contributed by atoms with van der Waals surface area (Å²) in [5, 5.41) is 0. The Morgan fingerprint density at radius 3 is 2.81 bits per heavy atom. The van der Waals surface area contributed by atoms with Crippen LogP contribution in [0.25, 0.3) is 0 Å². The van der Waals surface area contributed by atoms with Gasteiger partial charge in [0.25, 0.3) is 0 Å². The lowest BCUT2D eigenvalue weighted by Gasteiger charge is -2.22. The van der Waals surface area contributed by atoms with Gasteiger partial charge in [0.1, 0.15) is 11.6 Å². The molecule has 2 fully saturated rings. The van der Waals surface area contributed by atoms with Crippen LogP contribution in [0.4, 0.5) is 5.82 Å². The van der Waals surface area contributed by atoms with Crippen molar-refractivity contribution < 1.29 is 14.3 Å². The van der Waals surface area contributed by atoms with Crippen LogP contribution in [0.15, 0.2) is 0 Å². The van der Waals surface area contributed by atoms with E-state index in [0.717, 1.165) is 25.3 Å². The summed E-state index contributed by atoms with van der Waals surface area (Å²) in [5.41, 5.74) is 6.46. The van der Waals surface area contributed by atoms with E-state index in [1.165, 1.54) is 12.8 Å². The lowest BCUT2D eigenvalue weighted by atomic mass is 10.1. The molecule has 21 heavy (non-hydrogen) atoms. The Hall–Kier alpha value is -1.56. The van der Waals surface area contributed by atoms with Crippen LogP contribution in [-0.4, -0.2) is 34.8 Å². The van der Waals surface area contributed by atoms with E-state index >= 15 is 0 Å². The van der Waals surface area contributed by atoms with Crippen LogP contribution in [0.1, 0.15) is 55.5 Å². The Morgan fingerprint density at radius 2 is 2.19 bits per heavy atom. The first-order valence-corrected chi connectivity index (χ1v) is 7.82. The minimum absolute atomic E-state index is 0.197. The van der Waals surface area contributed by atoms with E-state index in [1.807, 2.05) is 11.5 Å². The molecular formula is C15H23N3O3. The van der Waals surface area contributed by atoms with Gasteiger partial charge in [-0.15, -0.1) is 0 Å². The average Bonchev–Trinajstić information content (AvgIpc) is 3.11. The SMILES string of the molecule is CCOC(=O)c1nc(CC)n(C2CCOC2C2CC2)c1N. The van der Waals surface area contributed by atoms with Crippen LogP contribution < -0.4 is 5.73 Å². The second kappa shape index (κ2) is 5.67. The van der Waals surface area contributed by atoms with Crippen molar-refractivity contribution in [1.29, 1.82) is 0 Å². The minimum atomic E-state index is -0.440. The van der Waals surface area contributed by atoms with Gasteiger partial charge in [-0.05, 0) is 32.1 Å². The van der Waals surface area contributed by atoms with Crippen molar-refractivity contribution in [3.63, 3.8) is 0 Å². The number of anilines is 1. The summed E-state index contributed by atoms with van der Waals surface area (Å²) in [6, 6.07) is 0.197. The van der Waals surface area contributed by atoms with Crippen molar-refractivity contribution in [2.24, 2.45) is 5.92 Å². The molecule has 2 aliphatic rings. The number of ether oxygens (including phenoxy) is 2. The Bertz CT molecular complexity index is 537. The summed E-state index contributed by atoms with van der Waals surface area (Å²) in [6.45, 7) is 4.88. The molecule has 1 aromatic rings. The number of rotatable bonds is 5. The number of hydrogen-bond donors (Lipinski definition) is 1. The molecule has 1 aromatic heterocycles. The van der Waals surface area contributed by atoms with Gasteiger partial charge in [-0.1, -0.05) is 6.92 Å². The van der Waals surface area contributed by atoms with Crippen LogP contribution in [-0.2, 0) is 15.9 Å². The third-order valence-electron chi connectivity index (χ3n) is 4.33. The normalized spacial score (nSPS) is 25.2. The maximum atomic E-state index is 12.0. The zero-order valence-corrected chi connectivity index (χ0v) is 12.7. The number of carbonyl (C=O) groups excluding carboxylic acids is 1. The summed E-state index contributed by atoms with van der Waals surface area (Å²) >= 11 is 0. The molecule has 1 aliphatic carbocycles. The van der Waals surface area contributed by atoms with Gasteiger partial charge >= 0.3 is 5.97 Å². The fraction of sp³-hybridized carbons (Fsp3) is 0.733. The van der Waals surface area contributed by atoms with Crippen molar-refractivity contribution in [2.75, 3.05) is 18.9 Å². The molecule has 0 spiro atoms. The molecular weight excluding hydrogens is 270 g/mol. The van der Waals surface area contributed by atoms with Crippen LogP contribution in [0, 0.1) is 5.92 Å². The first-order chi connectivity index (χ1) is 10.2. The quantitative estimate of drug-likeness (QED) is 0.839. The van der Waals surface area contributed by atoms with Gasteiger partial charge in [-0.25, -0.2) is 9.78 Å². The summed E-state index contributed by atoms with van der Waals surface area (Å²) < 4.78 is 13.0. The number of carbonyl (C=O) groups is 1. The first-order valence-electron chi connectivity index (χ1n) is 7.82. The van der Waals surface area contributed by atoms with Gasteiger partial charge in [0.2, 0.25) is 0 Å². The van der Waals surface area contributed by atoms with E-state index in [2.05, 4.69) is 4.98 Å². The lowest BCUT2D eigenvalue weighted by Crippen LogP contribution is -2.25. The molecule has 0 amide bonds. The number of aromatic nitrogens is 2. The fourth-order valence-corrected chi connectivity index (χ4v) is 3.21. The van der Waals surface area contributed by atoms with Crippen molar-refractivity contribution in [3.05, 3.63) is 11.5 Å². The molecule has 1 aliphatic heterocycles. The monoisotopic (exact) mass is 293 g/mol. The van der Waals surface area contributed by atoms with Gasteiger partial charge in [-0.2, -0.15) is 0 Å². The molecule has 0 bridgehead atoms. The number of nitrogens with two attached hydrogens (primary N) is 1. The van der Waals surface area contributed by atoms with Crippen LogP contribution in [0.2, 0.25) is 0 Å². The topological polar surface area (TPSA) is 79.4 Å². The summed E-state index contributed by atoms with van der Waals surface area (Å²) in [4.78, 5) is 16.4. The Kier molecular flexibility index (Phi) is 3.89. The number of imidazole rings is 1. The molecule has 2 N–H and O–H groups in total. The lowest BCUT2D eigenvalue weighted by molar-refractivity contribution is 0.0520. The smallest absolute Gasteiger partial charge is 0.360 e. The van der Waals surface area contributed by atoms with Crippen LogP contribution in [0.5, 0.6) is 0 Å². The zero-order valence-electron chi connectivity index (χ0n) is 12.7. The third-order valence-corrected chi connectivity index (χ3v) is 4.33. The molecule has 2 unspecified atom stereocenters. The van der Waals surface area contributed by atoms with Crippen molar-refractivity contribution in [3.8, 4) is 0 Å². The highest BCUT2D eigenvalue weighted by atomic mass is 16.5. The molecule has 0 radical (unpaired) electrons. The molecule has 6 heteroatoms. The number of aryl methyl sites for hydroxylation is 1. The van der Waals surface area contributed by atoms with E-state index in [1.54, 1.807) is 6.92 Å². The number of nitrogen functional groups attached to an aromatic ring is 1. The van der Waals surface area contributed by atoms with E-state index < -0.39 is 5.97 Å². The molecule has 116 valence electrons. The maximum absolute atomic E-state index is 12.0. The number of nitrogens with zero attached hydrogens (tertiary/aromatic N) is 2. The van der Waals surface area contributed by atoms with E-state index in [0.29, 0.717) is 18.3 Å². The van der Waals surface area contributed by atoms with Gasteiger partial charge in [0, 0.05) is 13.0 Å². The Balaban J connectivity index is 1.95. The summed E-state index contributed by atoms with van der Waals surface area (Å²) in [5.74, 6) is 1.46. The van der Waals surface area contributed by atoms with Crippen molar-refractivity contribution in [1.82, 2.24) is 9.55 Å². The van der Waals surface area contributed by atoms with Gasteiger partial charge in [0.15, 0.2) is 5.69 Å². The third kappa shape index (κ3) is 2.52. The molecule has 0 aromatic carbocycles. The summed E-state index contributed by atoms with van der Waals surface area (Å²) in [6.07, 6.45) is 4.32. The minimum Gasteiger partial charge on any atom is -0.461 e. The highest BCUT2D eigenvalue weighted by Crippen LogP contribution is 2.44. The molecule has 1 saturated heterocycles. The Labute approximate surface area is 124 Å². The maximum Gasteiger partial charge on any atom is 0.360 e. The molecule has 2 heterocycles. The van der Waals surface area contributed by atoms with Crippen molar-refractivity contribution >= 4 is 11.8 Å². The molecule has 1 saturated carbocycles. The molecule has 6 nitrogen and oxygen atoms in total. The summed E-state index contributed by atoms with van der Waals surface area (Å²) in [7, 11) is 0. The second-order valence-electron chi connectivity index (χ2n) is 5.73. The van der Waals surface area contributed by atoms with E-state index in [4.69, 9.17) is 15.2 Å². The number of esters is 1. The van der Waals surface area contributed by atoms with E-state index in [9.17, 15) is 4.79 Å². The predicted molar refractivity (Wildman–Crippen MR) is 78.1 cm³/mol. The predicted octanol–water partition coefficient (Wildman–Crippen LogP) is 1.94. The van der Waals surface area contributed by atoms with Gasteiger partial charge in [-0.3, -0.25) is 0 Å².